The van der Waals surface area contributed by atoms with Crippen molar-refractivity contribution in [2.45, 2.75) is 33.2 Å². The second-order valence-electron chi connectivity index (χ2n) is 6.95. The molecule has 2 aromatic carbocycles. The molecule has 0 aliphatic rings. The number of methoxy groups -OCH3 is 1. The van der Waals surface area contributed by atoms with Gasteiger partial charge in [-0.2, -0.15) is 0 Å². The molecule has 3 aromatic rings. The first kappa shape index (κ1) is 19.6. The molecular weight excluding hydrogens is 348 g/mol. The molecule has 0 saturated carbocycles. The lowest BCUT2D eigenvalue weighted by Gasteiger charge is -2.12. The number of hydrogen-bond acceptors (Lipinski definition) is 4. The molecule has 144 valence electrons. The van der Waals surface area contributed by atoms with E-state index in [-0.39, 0.29) is 5.97 Å². The summed E-state index contributed by atoms with van der Waals surface area (Å²) in [5.41, 5.74) is 7.34. The van der Waals surface area contributed by atoms with Gasteiger partial charge in [-0.15, -0.1) is 0 Å². The molecule has 4 nitrogen and oxygen atoms in total. The van der Waals surface area contributed by atoms with Crippen molar-refractivity contribution in [2.75, 3.05) is 12.4 Å². The minimum atomic E-state index is -0.203. The number of pyridine rings is 1. The van der Waals surface area contributed by atoms with Crippen LogP contribution in [0.3, 0.4) is 0 Å². The molecule has 0 fully saturated rings. The zero-order valence-electron chi connectivity index (χ0n) is 16.7. The van der Waals surface area contributed by atoms with Gasteiger partial charge in [-0.1, -0.05) is 42.5 Å². The molecule has 0 aliphatic carbocycles. The van der Waals surface area contributed by atoms with E-state index < -0.39 is 0 Å². The molecular formula is C24H26N2O2. The molecule has 0 unspecified atom stereocenters. The summed E-state index contributed by atoms with van der Waals surface area (Å²) < 4.78 is 4.67. The van der Waals surface area contributed by atoms with E-state index >= 15 is 0 Å². The number of benzene rings is 2. The largest absolute Gasteiger partial charge is 0.469 e. The van der Waals surface area contributed by atoms with Gasteiger partial charge in [0, 0.05) is 19.2 Å². The van der Waals surface area contributed by atoms with Crippen LogP contribution in [0.25, 0.3) is 11.1 Å². The van der Waals surface area contributed by atoms with Crippen molar-refractivity contribution < 1.29 is 9.53 Å². The maximum absolute atomic E-state index is 11.2. The fourth-order valence-corrected chi connectivity index (χ4v) is 3.32. The van der Waals surface area contributed by atoms with E-state index in [0.717, 1.165) is 11.4 Å². The predicted octanol–water partition coefficient (Wildman–Crippen LogP) is 5.08. The molecule has 0 radical (unpaired) electrons. The van der Waals surface area contributed by atoms with Crippen LogP contribution in [0.5, 0.6) is 0 Å². The van der Waals surface area contributed by atoms with E-state index in [4.69, 9.17) is 0 Å². The maximum atomic E-state index is 11.2. The van der Waals surface area contributed by atoms with Gasteiger partial charge in [0.15, 0.2) is 0 Å². The average Bonchev–Trinajstić information content (AvgIpc) is 2.71. The molecule has 0 amide bonds. The van der Waals surface area contributed by atoms with E-state index in [1.807, 2.05) is 12.1 Å². The van der Waals surface area contributed by atoms with E-state index in [1.54, 1.807) is 6.20 Å². The predicted molar refractivity (Wildman–Crippen MR) is 113 cm³/mol. The van der Waals surface area contributed by atoms with Crippen LogP contribution in [0, 0.1) is 13.8 Å². The topological polar surface area (TPSA) is 51.2 Å². The van der Waals surface area contributed by atoms with Gasteiger partial charge in [-0.25, -0.2) is 4.98 Å². The molecule has 0 atom stereocenters. The summed E-state index contributed by atoms with van der Waals surface area (Å²) in [6.07, 6.45) is 2.81. The lowest BCUT2D eigenvalue weighted by molar-refractivity contribution is -0.140. The highest BCUT2D eigenvalue weighted by molar-refractivity contribution is 5.71. The summed E-state index contributed by atoms with van der Waals surface area (Å²) in [7, 11) is 1.41. The van der Waals surface area contributed by atoms with Crippen molar-refractivity contribution in [3.8, 4) is 11.1 Å². The smallest absolute Gasteiger partial charge is 0.305 e. The Hall–Kier alpha value is -3.14. The Kier molecular flexibility index (Phi) is 6.43. The average molecular weight is 374 g/mol. The zero-order chi connectivity index (χ0) is 19.9. The van der Waals surface area contributed by atoms with Crippen LogP contribution in [-0.4, -0.2) is 18.1 Å². The van der Waals surface area contributed by atoms with Crippen molar-refractivity contribution >= 4 is 11.8 Å². The lowest BCUT2D eigenvalue weighted by Crippen LogP contribution is -2.04. The van der Waals surface area contributed by atoms with Crippen LogP contribution in [-0.2, 0) is 22.5 Å². The van der Waals surface area contributed by atoms with Crippen molar-refractivity contribution in [3.63, 3.8) is 0 Å². The van der Waals surface area contributed by atoms with Gasteiger partial charge in [-0.05, 0) is 65.8 Å². The van der Waals surface area contributed by atoms with Crippen LogP contribution in [0.1, 0.15) is 28.7 Å². The van der Waals surface area contributed by atoms with E-state index in [1.165, 1.54) is 34.9 Å². The summed E-state index contributed by atoms with van der Waals surface area (Å²) in [6.45, 7) is 5.01. The maximum Gasteiger partial charge on any atom is 0.305 e. The van der Waals surface area contributed by atoms with Gasteiger partial charge in [0.25, 0.3) is 0 Å². The van der Waals surface area contributed by atoms with Gasteiger partial charge >= 0.3 is 5.97 Å². The Morgan fingerprint density at radius 2 is 1.75 bits per heavy atom. The standard InChI is InChI=1S/C24H26N2O2/c1-17-6-4-7-18(2)24(17)21-9-5-8-20(14-21)16-26-22-12-10-19(15-25-22)11-13-23(27)28-3/h4-10,12,14-15H,11,13,16H2,1-3H3,(H,25,26). The quantitative estimate of drug-likeness (QED) is 0.586. The fraction of sp³-hybridized carbons (Fsp3) is 0.250. The molecule has 0 bridgehead atoms. The van der Waals surface area contributed by atoms with Gasteiger partial charge < -0.3 is 10.1 Å². The second kappa shape index (κ2) is 9.18. The molecule has 1 N–H and O–H groups in total. The zero-order valence-corrected chi connectivity index (χ0v) is 16.7. The number of hydrogen-bond donors (Lipinski definition) is 1. The molecule has 0 spiro atoms. The van der Waals surface area contributed by atoms with Gasteiger partial charge in [0.1, 0.15) is 5.82 Å². The summed E-state index contributed by atoms with van der Waals surface area (Å²) in [5.74, 6) is 0.616. The number of esters is 1. The second-order valence-corrected chi connectivity index (χ2v) is 6.95. The SMILES string of the molecule is COC(=O)CCc1ccc(NCc2cccc(-c3c(C)cccc3C)c2)nc1. The van der Waals surface area contributed by atoms with Gasteiger partial charge in [-0.3, -0.25) is 4.79 Å². The number of nitrogens with one attached hydrogen (secondary N) is 1. The number of carbonyl (C=O) groups is 1. The first-order chi connectivity index (χ1) is 13.6. The van der Waals surface area contributed by atoms with Crippen LogP contribution in [0.2, 0.25) is 0 Å². The highest BCUT2D eigenvalue weighted by Crippen LogP contribution is 2.27. The number of nitrogens with zero attached hydrogens (tertiary/aromatic N) is 1. The Labute approximate surface area is 166 Å². The summed E-state index contributed by atoms with van der Waals surface area (Å²) in [6, 6.07) is 18.9. The highest BCUT2D eigenvalue weighted by Gasteiger charge is 2.06. The summed E-state index contributed by atoms with van der Waals surface area (Å²) in [5, 5.41) is 3.37. The molecule has 4 heteroatoms. The van der Waals surface area contributed by atoms with Crippen LogP contribution >= 0.6 is 0 Å². The number of rotatable bonds is 7. The fourth-order valence-electron chi connectivity index (χ4n) is 3.32. The van der Waals surface area contributed by atoms with Crippen molar-refractivity contribution in [1.29, 1.82) is 0 Å². The molecule has 1 aromatic heterocycles. The van der Waals surface area contributed by atoms with Crippen LogP contribution in [0.4, 0.5) is 5.82 Å². The van der Waals surface area contributed by atoms with Crippen LogP contribution in [0.15, 0.2) is 60.8 Å². The first-order valence-corrected chi connectivity index (χ1v) is 9.48. The third kappa shape index (κ3) is 4.97. The Morgan fingerprint density at radius 1 is 1.00 bits per heavy atom. The van der Waals surface area contributed by atoms with Crippen molar-refractivity contribution in [1.82, 2.24) is 4.98 Å². The number of carbonyl (C=O) groups excluding carboxylic acids is 1. The third-order valence-electron chi connectivity index (χ3n) is 4.84. The van der Waals surface area contributed by atoms with E-state index in [0.29, 0.717) is 19.4 Å². The lowest BCUT2D eigenvalue weighted by atomic mass is 9.95. The number of anilines is 1. The molecule has 0 saturated heterocycles. The van der Waals surface area contributed by atoms with Crippen LogP contribution < -0.4 is 5.32 Å². The van der Waals surface area contributed by atoms with Crippen molar-refractivity contribution in [3.05, 3.63) is 83.0 Å². The Morgan fingerprint density at radius 3 is 2.43 bits per heavy atom. The van der Waals surface area contributed by atoms with E-state index in [2.05, 4.69) is 71.3 Å². The molecule has 3 rings (SSSR count). The number of ether oxygens (including phenoxy) is 1. The van der Waals surface area contributed by atoms with Gasteiger partial charge in [0.05, 0.1) is 7.11 Å². The number of aryl methyl sites for hydroxylation is 3. The molecule has 1 heterocycles. The third-order valence-corrected chi connectivity index (χ3v) is 4.84. The normalized spacial score (nSPS) is 10.5. The number of aromatic nitrogens is 1. The Bertz CT molecular complexity index is 929. The molecule has 28 heavy (non-hydrogen) atoms. The Balaban J connectivity index is 1.64. The highest BCUT2D eigenvalue weighted by atomic mass is 16.5. The van der Waals surface area contributed by atoms with Gasteiger partial charge in [0.2, 0.25) is 0 Å². The minimum absolute atomic E-state index is 0.203. The first-order valence-electron chi connectivity index (χ1n) is 9.48. The minimum Gasteiger partial charge on any atom is -0.469 e. The molecule has 0 aliphatic heterocycles. The summed E-state index contributed by atoms with van der Waals surface area (Å²) >= 11 is 0. The summed E-state index contributed by atoms with van der Waals surface area (Å²) in [4.78, 5) is 15.7. The van der Waals surface area contributed by atoms with E-state index in [9.17, 15) is 4.79 Å². The monoisotopic (exact) mass is 374 g/mol. The van der Waals surface area contributed by atoms with Crippen molar-refractivity contribution in [2.24, 2.45) is 0 Å².